The fourth-order valence-electron chi connectivity index (χ4n) is 1.59. The van der Waals surface area contributed by atoms with Crippen LogP contribution in [0.15, 0.2) is 34.8 Å². The van der Waals surface area contributed by atoms with E-state index in [1.165, 1.54) is 4.88 Å². The molecule has 1 nitrogen and oxygen atoms in total. The second-order valence-electron chi connectivity index (χ2n) is 3.68. The van der Waals surface area contributed by atoms with E-state index in [9.17, 15) is 0 Å². The lowest BCUT2D eigenvalue weighted by molar-refractivity contribution is 0.730. The topological polar surface area (TPSA) is 26.0 Å². The summed E-state index contributed by atoms with van der Waals surface area (Å²) in [7, 11) is 0. The van der Waals surface area contributed by atoms with E-state index in [2.05, 4.69) is 15.9 Å². The van der Waals surface area contributed by atoms with Crippen LogP contribution in [-0.2, 0) is 6.42 Å². The van der Waals surface area contributed by atoms with Gasteiger partial charge in [0.05, 0.1) is 4.34 Å². The lowest BCUT2D eigenvalue weighted by Gasteiger charge is -2.13. The fraction of sp³-hybridized carbons (Fsp3) is 0.167. The number of thiophene rings is 1. The molecular weight excluding hydrogens is 341 g/mol. The van der Waals surface area contributed by atoms with Gasteiger partial charge in [-0.15, -0.1) is 11.3 Å². The van der Waals surface area contributed by atoms with E-state index in [0.717, 1.165) is 20.8 Å². The summed E-state index contributed by atoms with van der Waals surface area (Å²) in [6.07, 6.45) is 0.744. The molecule has 0 radical (unpaired) electrons. The maximum Gasteiger partial charge on any atom is 0.0931 e. The first-order valence-corrected chi connectivity index (χ1v) is 7.37. The van der Waals surface area contributed by atoms with Crippen molar-refractivity contribution >= 4 is 50.5 Å². The van der Waals surface area contributed by atoms with Crippen LogP contribution in [0.2, 0.25) is 9.36 Å². The van der Waals surface area contributed by atoms with Crippen molar-refractivity contribution in [2.75, 3.05) is 0 Å². The summed E-state index contributed by atoms with van der Waals surface area (Å²) in [5.41, 5.74) is 7.11. The van der Waals surface area contributed by atoms with Crippen molar-refractivity contribution in [1.29, 1.82) is 0 Å². The van der Waals surface area contributed by atoms with Crippen LogP contribution in [0.1, 0.15) is 16.5 Å². The highest BCUT2D eigenvalue weighted by Gasteiger charge is 2.12. The maximum atomic E-state index is 6.16. The van der Waals surface area contributed by atoms with E-state index >= 15 is 0 Å². The van der Waals surface area contributed by atoms with Crippen molar-refractivity contribution in [3.63, 3.8) is 0 Å². The van der Waals surface area contributed by atoms with Crippen LogP contribution >= 0.6 is 50.5 Å². The summed E-state index contributed by atoms with van der Waals surface area (Å²) < 4.78 is 1.77. The van der Waals surface area contributed by atoms with Crippen molar-refractivity contribution < 1.29 is 0 Å². The molecule has 0 saturated heterocycles. The minimum atomic E-state index is -0.116. The molecule has 0 spiro atoms. The van der Waals surface area contributed by atoms with Crippen molar-refractivity contribution in [1.82, 2.24) is 0 Å². The smallest absolute Gasteiger partial charge is 0.0931 e. The summed E-state index contributed by atoms with van der Waals surface area (Å²) in [6, 6.07) is 9.48. The molecule has 1 aromatic heterocycles. The second-order valence-corrected chi connectivity index (χ2v) is 6.80. The first-order valence-electron chi connectivity index (χ1n) is 5.01. The van der Waals surface area contributed by atoms with Crippen LogP contribution in [0.3, 0.4) is 0 Å². The molecule has 0 bridgehead atoms. The molecule has 2 rings (SSSR count). The summed E-state index contributed by atoms with van der Waals surface area (Å²) in [5.74, 6) is 0. The maximum absolute atomic E-state index is 6.16. The molecule has 2 aromatic rings. The Morgan fingerprint density at radius 1 is 1.24 bits per heavy atom. The Morgan fingerprint density at radius 3 is 2.65 bits per heavy atom. The molecular formula is C12H10BrCl2NS. The highest BCUT2D eigenvalue weighted by atomic mass is 79.9. The number of rotatable bonds is 3. The van der Waals surface area contributed by atoms with Gasteiger partial charge in [-0.2, -0.15) is 0 Å². The predicted molar refractivity (Wildman–Crippen MR) is 79.1 cm³/mol. The number of benzene rings is 1. The van der Waals surface area contributed by atoms with Gasteiger partial charge in [-0.3, -0.25) is 0 Å². The molecule has 0 aliphatic heterocycles. The third kappa shape index (κ3) is 3.46. The fourth-order valence-corrected chi connectivity index (χ4v) is 3.37. The average molecular weight is 351 g/mol. The summed E-state index contributed by atoms with van der Waals surface area (Å²) in [4.78, 5) is 1.17. The molecule has 17 heavy (non-hydrogen) atoms. The molecule has 0 aliphatic rings. The van der Waals surface area contributed by atoms with Crippen LogP contribution in [0.5, 0.6) is 0 Å². The van der Waals surface area contributed by atoms with Gasteiger partial charge in [0.15, 0.2) is 0 Å². The average Bonchev–Trinajstić information content (AvgIpc) is 2.67. The highest BCUT2D eigenvalue weighted by Crippen LogP contribution is 2.30. The van der Waals surface area contributed by atoms with Crippen LogP contribution in [0, 0.1) is 0 Å². The van der Waals surface area contributed by atoms with E-state index in [0.29, 0.717) is 5.02 Å². The number of halogens is 3. The number of hydrogen-bond acceptors (Lipinski definition) is 2. The van der Waals surface area contributed by atoms with Gasteiger partial charge in [-0.25, -0.2) is 0 Å². The largest absolute Gasteiger partial charge is 0.324 e. The zero-order valence-corrected chi connectivity index (χ0v) is 12.7. The van der Waals surface area contributed by atoms with E-state index in [4.69, 9.17) is 28.9 Å². The van der Waals surface area contributed by atoms with Crippen LogP contribution in [0.25, 0.3) is 0 Å². The molecule has 90 valence electrons. The van der Waals surface area contributed by atoms with Crippen LogP contribution in [0.4, 0.5) is 0 Å². The third-order valence-corrected chi connectivity index (χ3v) is 4.50. The first kappa shape index (κ1) is 13.4. The molecule has 1 unspecified atom stereocenters. The van der Waals surface area contributed by atoms with E-state index in [1.54, 1.807) is 11.3 Å². The monoisotopic (exact) mass is 349 g/mol. The normalized spacial score (nSPS) is 12.7. The Bertz CT molecular complexity index is 527. The minimum absolute atomic E-state index is 0.116. The second kappa shape index (κ2) is 5.72. The first-order chi connectivity index (χ1) is 8.06. The van der Waals surface area contributed by atoms with Gasteiger partial charge in [0.2, 0.25) is 0 Å². The van der Waals surface area contributed by atoms with Crippen LogP contribution in [-0.4, -0.2) is 0 Å². The predicted octanol–water partition coefficient (Wildman–Crippen LogP) is 5.06. The zero-order valence-electron chi connectivity index (χ0n) is 8.79. The highest BCUT2D eigenvalue weighted by molar-refractivity contribution is 9.10. The minimum Gasteiger partial charge on any atom is -0.324 e. The summed E-state index contributed by atoms with van der Waals surface area (Å²) in [5, 5.41) is 0.698. The Morgan fingerprint density at radius 2 is 2.00 bits per heavy atom. The summed E-state index contributed by atoms with van der Waals surface area (Å²) in [6.45, 7) is 0. The zero-order chi connectivity index (χ0) is 12.4. The van der Waals surface area contributed by atoms with Gasteiger partial charge in [-0.1, -0.05) is 39.1 Å². The van der Waals surface area contributed by atoms with Gasteiger partial charge >= 0.3 is 0 Å². The molecule has 0 amide bonds. The van der Waals surface area contributed by atoms with Gasteiger partial charge < -0.3 is 5.73 Å². The van der Waals surface area contributed by atoms with Crippen molar-refractivity contribution in [3.05, 3.63) is 54.6 Å². The Balaban J connectivity index is 2.19. The van der Waals surface area contributed by atoms with E-state index in [1.807, 2.05) is 30.3 Å². The third-order valence-electron chi connectivity index (χ3n) is 2.41. The molecule has 0 fully saturated rings. The SMILES string of the molecule is NC(Cc1ccc(Cl)s1)c1cc(Br)ccc1Cl. The molecule has 1 aromatic carbocycles. The Labute approximate surface area is 123 Å². The quantitative estimate of drug-likeness (QED) is 0.822. The standard InChI is InChI=1S/C12H10BrCl2NS/c13-7-1-3-10(14)9(5-7)11(16)6-8-2-4-12(15)17-8/h1-5,11H,6,16H2. The van der Waals surface area contributed by atoms with Crippen molar-refractivity contribution in [2.24, 2.45) is 5.73 Å². The molecule has 0 aliphatic carbocycles. The molecule has 0 saturated carbocycles. The van der Waals surface area contributed by atoms with Gasteiger partial charge in [0.25, 0.3) is 0 Å². The van der Waals surface area contributed by atoms with Gasteiger partial charge in [0, 0.05) is 26.8 Å². The number of nitrogens with two attached hydrogens (primary N) is 1. The molecule has 1 atom stereocenters. The van der Waals surface area contributed by atoms with Gasteiger partial charge in [0.1, 0.15) is 0 Å². The lowest BCUT2D eigenvalue weighted by atomic mass is 10.0. The van der Waals surface area contributed by atoms with Crippen molar-refractivity contribution in [2.45, 2.75) is 12.5 Å². The van der Waals surface area contributed by atoms with Crippen LogP contribution < -0.4 is 5.73 Å². The van der Waals surface area contributed by atoms with Crippen molar-refractivity contribution in [3.8, 4) is 0 Å². The lowest BCUT2D eigenvalue weighted by Crippen LogP contribution is -2.13. The summed E-state index contributed by atoms with van der Waals surface area (Å²) >= 11 is 17.0. The number of hydrogen-bond donors (Lipinski definition) is 1. The van der Waals surface area contributed by atoms with E-state index in [-0.39, 0.29) is 6.04 Å². The molecule has 2 N–H and O–H groups in total. The Kier molecular flexibility index (Phi) is 4.50. The van der Waals surface area contributed by atoms with Gasteiger partial charge in [-0.05, 0) is 35.9 Å². The van der Waals surface area contributed by atoms with E-state index < -0.39 is 0 Å². The molecule has 1 heterocycles. The Hall–Kier alpha value is -0.0600. The molecule has 5 heteroatoms.